The Hall–Kier alpha value is -0.570. The van der Waals surface area contributed by atoms with E-state index < -0.39 is 0 Å². The first-order valence-corrected chi connectivity index (χ1v) is 8.16. The second kappa shape index (κ2) is 12.5. The molecule has 0 amide bonds. The van der Waals surface area contributed by atoms with Gasteiger partial charge in [0.05, 0.1) is 5.92 Å². The van der Waals surface area contributed by atoms with Gasteiger partial charge in [0.1, 0.15) is 0 Å². The van der Waals surface area contributed by atoms with Gasteiger partial charge < -0.3 is 4.84 Å². The molecule has 1 unspecified atom stereocenters. The Labute approximate surface area is 119 Å². The molecule has 0 aromatic heterocycles. The SMILES string of the molecule is CCCCC(CC)C(=O)ON(CCCC)CCCC. The van der Waals surface area contributed by atoms with Crippen LogP contribution in [0.4, 0.5) is 0 Å². The molecule has 0 radical (unpaired) electrons. The predicted octanol–water partition coefficient (Wildman–Crippen LogP) is 4.56. The molecule has 0 aromatic carbocycles. The Morgan fingerprint density at radius 3 is 1.89 bits per heavy atom. The highest BCUT2D eigenvalue weighted by molar-refractivity contribution is 5.72. The monoisotopic (exact) mass is 271 g/mol. The lowest BCUT2D eigenvalue weighted by molar-refractivity contribution is -0.196. The molecule has 3 heteroatoms. The van der Waals surface area contributed by atoms with Crippen molar-refractivity contribution in [1.29, 1.82) is 0 Å². The van der Waals surface area contributed by atoms with Crippen LogP contribution in [0.1, 0.15) is 79.1 Å². The molecule has 19 heavy (non-hydrogen) atoms. The number of hydroxylamine groups is 2. The molecule has 0 bridgehead atoms. The van der Waals surface area contributed by atoms with E-state index in [2.05, 4.69) is 27.7 Å². The molecular formula is C16H33NO2. The van der Waals surface area contributed by atoms with Crippen LogP contribution in [0.15, 0.2) is 0 Å². The van der Waals surface area contributed by atoms with Crippen molar-refractivity contribution < 1.29 is 9.63 Å². The van der Waals surface area contributed by atoms with Crippen molar-refractivity contribution in [3.05, 3.63) is 0 Å². The van der Waals surface area contributed by atoms with Crippen molar-refractivity contribution in [3.63, 3.8) is 0 Å². The Morgan fingerprint density at radius 1 is 0.947 bits per heavy atom. The molecule has 0 aliphatic rings. The largest absolute Gasteiger partial charge is 0.368 e. The first kappa shape index (κ1) is 18.4. The van der Waals surface area contributed by atoms with Gasteiger partial charge in [0.15, 0.2) is 0 Å². The Balaban J connectivity index is 4.23. The molecule has 0 saturated heterocycles. The third-order valence-corrected chi connectivity index (χ3v) is 3.47. The van der Waals surface area contributed by atoms with E-state index >= 15 is 0 Å². The number of hydrogen-bond donors (Lipinski definition) is 0. The van der Waals surface area contributed by atoms with E-state index in [-0.39, 0.29) is 11.9 Å². The van der Waals surface area contributed by atoms with E-state index in [0.717, 1.165) is 64.5 Å². The summed E-state index contributed by atoms with van der Waals surface area (Å²) in [7, 11) is 0. The van der Waals surface area contributed by atoms with Crippen LogP contribution in [0.5, 0.6) is 0 Å². The summed E-state index contributed by atoms with van der Waals surface area (Å²) in [6.45, 7) is 10.3. The highest BCUT2D eigenvalue weighted by Gasteiger charge is 2.20. The number of unbranched alkanes of at least 4 members (excludes halogenated alkanes) is 3. The lowest BCUT2D eigenvalue weighted by Crippen LogP contribution is -2.32. The van der Waals surface area contributed by atoms with Gasteiger partial charge in [-0.05, 0) is 25.7 Å². The van der Waals surface area contributed by atoms with E-state index in [0.29, 0.717) is 0 Å². The van der Waals surface area contributed by atoms with Crippen LogP contribution >= 0.6 is 0 Å². The average molecular weight is 271 g/mol. The van der Waals surface area contributed by atoms with Crippen LogP contribution in [-0.4, -0.2) is 24.1 Å². The average Bonchev–Trinajstić information content (AvgIpc) is 2.42. The maximum atomic E-state index is 12.2. The molecule has 0 aliphatic carbocycles. The summed E-state index contributed by atoms with van der Waals surface area (Å²) in [5, 5.41) is 1.88. The topological polar surface area (TPSA) is 29.5 Å². The normalized spacial score (nSPS) is 12.7. The molecule has 0 fully saturated rings. The molecule has 0 aliphatic heterocycles. The first-order valence-electron chi connectivity index (χ1n) is 8.16. The van der Waals surface area contributed by atoms with Gasteiger partial charge in [0.25, 0.3) is 0 Å². The highest BCUT2D eigenvalue weighted by Crippen LogP contribution is 2.15. The Morgan fingerprint density at radius 2 is 1.47 bits per heavy atom. The minimum Gasteiger partial charge on any atom is -0.368 e. The lowest BCUT2D eigenvalue weighted by Gasteiger charge is -2.23. The second-order valence-electron chi connectivity index (χ2n) is 5.29. The third kappa shape index (κ3) is 9.04. The van der Waals surface area contributed by atoms with Crippen molar-refractivity contribution in [3.8, 4) is 0 Å². The standard InChI is InChI=1S/C16H33NO2/c1-5-9-12-15(8-4)16(18)19-17(13-10-6-2)14-11-7-3/h15H,5-14H2,1-4H3. The van der Waals surface area contributed by atoms with Gasteiger partial charge in [-0.2, -0.15) is 0 Å². The maximum Gasteiger partial charge on any atom is 0.328 e. The first-order chi connectivity index (χ1) is 9.19. The molecular weight excluding hydrogens is 238 g/mol. The van der Waals surface area contributed by atoms with Crippen LogP contribution in [0.2, 0.25) is 0 Å². The third-order valence-electron chi connectivity index (χ3n) is 3.47. The summed E-state index contributed by atoms with van der Waals surface area (Å²) < 4.78 is 0. The smallest absolute Gasteiger partial charge is 0.328 e. The molecule has 114 valence electrons. The molecule has 3 nitrogen and oxygen atoms in total. The predicted molar refractivity (Wildman–Crippen MR) is 80.8 cm³/mol. The zero-order chi connectivity index (χ0) is 14.5. The fourth-order valence-electron chi connectivity index (χ4n) is 2.01. The van der Waals surface area contributed by atoms with E-state index in [1.807, 2.05) is 5.06 Å². The zero-order valence-electron chi connectivity index (χ0n) is 13.4. The van der Waals surface area contributed by atoms with Crippen molar-refractivity contribution in [2.24, 2.45) is 5.92 Å². The number of hydrogen-bond acceptors (Lipinski definition) is 3. The summed E-state index contributed by atoms with van der Waals surface area (Å²) >= 11 is 0. The molecule has 0 rings (SSSR count). The van der Waals surface area contributed by atoms with Gasteiger partial charge in [-0.3, -0.25) is 4.79 Å². The minimum atomic E-state index is -0.0249. The number of rotatable bonds is 12. The summed E-state index contributed by atoms with van der Waals surface area (Å²) in [6.07, 6.45) is 8.53. The van der Waals surface area contributed by atoms with E-state index in [9.17, 15) is 4.79 Å². The fraction of sp³-hybridized carbons (Fsp3) is 0.938. The van der Waals surface area contributed by atoms with Crippen molar-refractivity contribution in [1.82, 2.24) is 5.06 Å². The number of carbonyl (C=O) groups is 1. The molecule has 0 aromatic rings. The molecule has 1 atom stereocenters. The van der Waals surface area contributed by atoms with Gasteiger partial charge in [0.2, 0.25) is 0 Å². The summed E-state index contributed by atoms with van der Waals surface area (Å²) in [5.41, 5.74) is 0. The van der Waals surface area contributed by atoms with E-state index in [1.165, 1.54) is 0 Å². The van der Waals surface area contributed by atoms with E-state index in [1.54, 1.807) is 0 Å². The van der Waals surface area contributed by atoms with Gasteiger partial charge in [0, 0.05) is 13.1 Å². The van der Waals surface area contributed by atoms with Crippen LogP contribution < -0.4 is 0 Å². The van der Waals surface area contributed by atoms with E-state index in [4.69, 9.17) is 4.84 Å². The highest BCUT2D eigenvalue weighted by atomic mass is 16.7. The Bertz CT molecular complexity index is 211. The molecule has 0 N–H and O–H groups in total. The van der Waals surface area contributed by atoms with Crippen molar-refractivity contribution in [2.45, 2.75) is 79.1 Å². The summed E-state index contributed by atoms with van der Waals surface area (Å²) in [5.74, 6) is 0.0499. The summed E-state index contributed by atoms with van der Waals surface area (Å²) in [6, 6.07) is 0. The van der Waals surface area contributed by atoms with Gasteiger partial charge in [-0.25, -0.2) is 0 Å². The fourth-order valence-corrected chi connectivity index (χ4v) is 2.01. The lowest BCUT2D eigenvalue weighted by atomic mass is 10.00. The van der Waals surface area contributed by atoms with Gasteiger partial charge >= 0.3 is 5.97 Å². The van der Waals surface area contributed by atoms with Crippen LogP contribution in [0.3, 0.4) is 0 Å². The molecule has 0 heterocycles. The van der Waals surface area contributed by atoms with Crippen LogP contribution in [0.25, 0.3) is 0 Å². The quantitative estimate of drug-likeness (QED) is 0.487. The second-order valence-corrected chi connectivity index (χ2v) is 5.29. The van der Waals surface area contributed by atoms with Crippen LogP contribution in [0, 0.1) is 5.92 Å². The Kier molecular flexibility index (Phi) is 12.1. The zero-order valence-corrected chi connectivity index (χ0v) is 13.4. The molecule has 0 saturated carbocycles. The molecule has 0 spiro atoms. The van der Waals surface area contributed by atoms with Gasteiger partial charge in [-0.15, -0.1) is 5.06 Å². The maximum absolute atomic E-state index is 12.2. The van der Waals surface area contributed by atoms with Crippen molar-refractivity contribution in [2.75, 3.05) is 13.1 Å². The van der Waals surface area contributed by atoms with Crippen LogP contribution in [-0.2, 0) is 9.63 Å². The summed E-state index contributed by atoms with van der Waals surface area (Å²) in [4.78, 5) is 17.8. The van der Waals surface area contributed by atoms with Crippen molar-refractivity contribution >= 4 is 5.97 Å². The minimum absolute atomic E-state index is 0.0249. The van der Waals surface area contributed by atoms with Gasteiger partial charge in [-0.1, -0.05) is 53.4 Å². The number of carbonyl (C=O) groups excluding carboxylic acids is 1. The number of nitrogens with zero attached hydrogens (tertiary/aromatic N) is 1.